The average Bonchev–Trinajstić information content (AvgIpc) is 3.01. The first kappa shape index (κ1) is 28.4. The summed E-state index contributed by atoms with van der Waals surface area (Å²) in [4.78, 5) is 9.47. The molecule has 0 spiro atoms. The Labute approximate surface area is 261 Å². The van der Waals surface area contributed by atoms with Gasteiger partial charge in [-0.15, -0.1) is 0 Å². The molecule has 0 amide bonds. The largest absolute Gasteiger partial charge is 0.311 e. The van der Waals surface area contributed by atoms with Gasteiger partial charge in [0.2, 0.25) is 0 Å². The first-order valence-corrected chi connectivity index (χ1v) is 15.0. The van der Waals surface area contributed by atoms with Crippen LogP contribution in [-0.2, 0) is 13.0 Å². The highest BCUT2D eigenvalue weighted by Crippen LogP contribution is 2.37. The van der Waals surface area contributed by atoms with Crippen LogP contribution >= 0.6 is 34.8 Å². The van der Waals surface area contributed by atoms with Crippen molar-refractivity contribution in [3.8, 4) is 11.1 Å². The number of hydrogen-bond donors (Lipinski definition) is 1. The molecule has 0 aliphatic rings. The lowest BCUT2D eigenvalue weighted by molar-refractivity contribution is 0.677. The van der Waals surface area contributed by atoms with Crippen LogP contribution in [0.2, 0.25) is 15.1 Å². The second kappa shape index (κ2) is 13.1. The topological polar surface area (TPSA) is 37.8 Å². The standard InChI is InChI=1S/C36H28Cl3N3/c37-29-11-6-24(7-12-29)16-18-41-23-32-21-33(26-3-1-5-31(39)19-26)34-20-27(10-15-35(34)42-32)36(28-4-2-17-40-22-28)25-8-13-30(38)14-9-25/h1-15,17,19-22,36,41H,16,18,23H2. The summed E-state index contributed by atoms with van der Waals surface area (Å²) in [6.45, 7) is 1.49. The molecule has 1 atom stereocenters. The maximum Gasteiger partial charge on any atom is 0.0712 e. The Morgan fingerprint density at radius 1 is 0.667 bits per heavy atom. The van der Waals surface area contributed by atoms with E-state index in [0.717, 1.165) is 62.4 Å². The average molecular weight is 609 g/mol. The van der Waals surface area contributed by atoms with Crippen LogP contribution in [0.25, 0.3) is 22.0 Å². The number of nitrogens with one attached hydrogen (secondary N) is 1. The molecule has 6 heteroatoms. The lowest BCUT2D eigenvalue weighted by atomic mass is 9.85. The van der Waals surface area contributed by atoms with E-state index in [1.165, 1.54) is 5.56 Å². The number of rotatable bonds is 9. The van der Waals surface area contributed by atoms with E-state index in [4.69, 9.17) is 39.8 Å². The first-order valence-electron chi connectivity index (χ1n) is 13.8. The van der Waals surface area contributed by atoms with Crippen molar-refractivity contribution in [1.82, 2.24) is 15.3 Å². The molecule has 2 aromatic heterocycles. The van der Waals surface area contributed by atoms with Gasteiger partial charge in [0.1, 0.15) is 0 Å². The molecule has 0 aliphatic carbocycles. The van der Waals surface area contributed by atoms with Gasteiger partial charge in [0.25, 0.3) is 0 Å². The summed E-state index contributed by atoms with van der Waals surface area (Å²) < 4.78 is 0. The molecule has 0 bridgehead atoms. The lowest BCUT2D eigenvalue weighted by Crippen LogP contribution is -2.17. The van der Waals surface area contributed by atoms with Gasteiger partial charge in [-0.1, -0.05) is 83.3 Å². The Kier molecular flexibility index (Phi) is 8.83. The van der Waals surface area contributed by atoms with Crippen molar-refractivity contribution in [2.75, 3.05) is 6.54 Å². The first-order chi connectivity index (χ1) is 20.5. The Morgan fingerprint density at radius 2 is 1.43 bits per heavy atom. The van der Waals surface area contributed by atoms with Crippen LogP contribution in [-0.4, -0.2) is 16.5 Å². The van der Waals surface area contributed by atoms with Crippen molar-refractivity contribution >= 4 is 45.7 Å². The van der Waals surface area contributed by atoms with Crippen LogP contribution in [0.15, 0.2) is 122 Å². The molecule has 3 nitrogen and oxygen atoms in total. The van der Waals surface area contributed by atoms with E-state index in [2.05, 4.69) is 71.0 Å². The normalized spacial score (nSPS) is 12.0. The summed E-state index contributed by atoms with van der Waals surface area (Å²) in [5.74, 6) is -0.0122. The fraction of sp³-hybridized carbons (Fsp3) is 0.111. The van der Waals surface area contributed by atoms with Crippen LogP contribution < -0.4 is 5.32 Å². The number of benzene rings is 4. The van der Waals surface area contributed by atoms with Crippen molar-refractivity contribution in [3.05, 3.63) is 165 Å². The maximum atomic E-state index is 6.46. The molecule has 0 saturated carbocycles. The van der Waals surface area contributed by atoms with E-state index in [0.29, 0.717) is 16.6 Å². The molecule has 6 aromatic rings. The van der Waals surface area contributed by atoms with Gasteiger partial charge in [-0.25, -0.2) is 0 Å². The van der Waals surface area contributed by atoms with Crippen molar-refractivity contribution in [3.63, 3.8) is 0 Å². The molecular formula is C36H28Cl3N3. The number of fused-ring (bicyclic) bond motifs is 1. The minimum Gasteiger partial charge on any atom is -0.311 e. The molecule has 1 N–H and O–H groups in total. The van der Waals surface area contributed by atoms with Gasteiger partial charge in [-0.05, 0) is 107 Å². The minimum atomic E-state index is -0.0122. The molecule has 0 radical (unpaired) electrons. The number of halogens is 3. The zero-order valence-corrected chi connectivity index (χ0v) is 25.0. The number of nitrogens with zero attached hydrogens (tertiary/aromatic N) is 2. The van der Waals surface area contributed by atoms with Crippen molar-refractivity contribution < 1.29 is 0 Å². The molecule has 42 heavy (non-hydrogen) atoms. The molecule has 0 aliphatic heterocycles. The summed E-state index contributed by atoms with van der Waals surface area (Å²) in [5.41, 5.74) is 8.71. The van der Waals surface area contributed by atoms with E-state index in [1.54, 1.807) is 6.20 Å². The van der Waals surface area contributed by atoms with Crippen molar-refractivity contribution in [1.29, 1.82) is 0 Å². The van der Waals surface area contributed by atoms with Crippen molar-refractivity contribution in [2.24, 2.45) is 0 Å². The highest BCUT2D eigenvalue weighted by atomic mass is 35.5. The van der Waals surface area contributed by atoms with Gasteiger partial charge in [0.05, 0.1) is 11.2 Å². The van der Waals surface area contributed by atoms with Gasteiger partial charge < -0.3 is 5.32 Å². The van der Waals surface area contributed by atoms with Gasteiger partial charge in [0, 0.05) is 45.3 Å². The third-order valence-electron chi connectivity index (χ3n) is 7.39. The molecular weight excluding hydrogens is 581 g/mol. The maximum absolute atomic E-state index is 6.46. The SMILES string of the molecule is Clc1ccc(CCNCc2cc(-c3cccc(Cl)c3)c3cc(C(c4ccc(Cl)cc4)c4cccnc4)ccc3n2)cc1. The summed E-state index contributed by atoms with van der Waals surface area (Å²) >= 11 is 18.7. The number of hydrogen-bond acceptors (Lipinski definition) is 3. The third-order valence-corrected chi connectivity index (χ3v) is 8.12. The summed E-state index contributed by atoms with van der Waals surface area (Å²) in [7, 11) is 0. The summed E-state index contributed by atoms with van der Waals surface area (Å²) in [5, 5.41) is 6.79. The highest BCUT2D eigenvalue weighted by molar-refractivity contribution is 6.31. The molecule has 208 valence electrons. The monoisotopic (exact) mass is 607 g/mol. The van der Waals surface area contributed by atoms with Gasteiger partial charge in [-0.3, -0.25) is 9.97 Å². The third kappa shape index (κ3) is 6.67. The van der Waals surface area contributed by atoms with Crippen LogP contribution in [0.5, 0.6) is 0 Å². The van der Waals surface area contributed by atoms with Gasteiger partial charge >= 0.3 is 0 Å². The number of aromatic nitrogens is 2. The fourth-order valence-corrected chi connectivity index (χ4v) is 5.79. The second-order valence-electron chi connectivity index (χ2n) is 10.3. The zero-order chi connectivity index (χ0) is 28.9. The Balaban J connectivity index is 1.38. The van der Waals surface area contributed by atoms with Crippen LogP contribution in [0.3, 0.4) is 0 Å². The van der Waals surface area contributed by atoms with E-state index in [1.807, 2.05) is 54.7 Å². The molecule has 2 heterocycles. The molecule has 0 saturated heterocycles. The summed E-state index contributed by atoms with van der Waals surface area (Å²) in [6, 6.07) is 36.8. The molecule has 4 aromatic carbocycles. The van der Waals surface area contributed by atoms with Gasteiger partial charge in [-0.2, -0.15) is 0 Å². The van der Waals surface area contributed by atoms with E-state index >= 15 is 0 Å². The highest BCUT2D eigenvalue weighted by Gasteiger charge is 2.19. The predicted octanol–water partition coefficient (Wildman–Crippen LogP) is 9.77. The van der Waals surface area contributed by atoms with Crippen LogP contribution in [0, 0.1) is 0 Å². The molecule has 0 fully saturated rings. The van der Waals surface area contributed by atoms with Gasteiger partial charge in [0.15, 0.2) is 0 Å². The Morgan fingerprint density at radius 3 is 2.17 bits per heavy atom. The summed E-state index contributed by atoms with van der Waals surface area (Å²) in [6.07, 6.45) is 4.64. The minimum absolute atomic E-state index is 0.0122. The van der Waals surface area contributed by atoms with E-state index < -0.39 is 0 Å². The molecule has 1 unspecified atom stereocenters. The lowest BCUT2D eigenvalue weighted by Gasteiger charge is -2.20. The zero-order valence-electron chi connectivity index (χ0n) is 22.8. The number of pyridine rings is 2. The van der Waals surface area contributed by atoms with Crippen LogP contribution in [0.4, 0.5) is 0 Å². The van der Waals surface area contributed by atoms with E-state index in [-0.39, 0.29) is 5.92 Å². The molecule has 6 rings (SSSR count). The van der Waals surface area contributed by atoms with Crippen molar-refractivity contribution in [2.45, 2.75) is 18.9 Å². The smallest absolute Gasteiger partial charge is 0.0712 e. The fourth-order valence-electron chi connectivity index (χ4n) is 5.34. The van der Waals surface area contributed by atoms with Crippen LogP contribution in [0.1, 0.15) is 33.9 Å². The Bertz CT molecular complexity index is 1800. The van der Waals surface area contributed by atoms with E-state index in [9.17, 15) is 0 Å². The quantitative estimate of drug-likeness (QED) is 0.166. The Hall–Kier alpha value is -3.73. The second-order valence-corrected chi connectivity index (χ2v) is 11.6. The predicted molar refractivity (Wildman–Crippen MR) is 176 cm³/mol.